The molecule has 0 bridgehead atoms. The van der Waals surface area contributed by atoms with Gasteiger partial charge in [-0.2, -0.15) is 0 Å². The molecule has 0 unspecified atom stereocenters. The predicted octanol–water partition coefficient (Wildman–Crippen LogP) is 2.79. The molecule has 8 heavy (non-hydrogen) atoms. The first-order valence-corrected chi connectivity index (χ1v) is 3.21. The second-order valence-corrected chi connectivity index (χ2v) is 1.91. The molecule has 0 aliphatic carbocycles. The van der Waals surface area contributed by atoms with Crippen molar-refractivity contribution in [3.05, 3.63) is 6.92 Å². The van der Waals surface area contributed by atoms with Gasteiger partial charge in [-0.25, -0.2) is 0 Å². The predicted molar refractivity (Wildman–Crippen MR) is 34.1 cm³/mol. The molecule has 0 saturated heterocycles. The molecule has 0 fully saturated rings. The topological polar surface area (TPSA) is 0 Å². The van der Waals surface area contributed by atoms with Gasteiger partial charge in [0.25, 0.3) is 0 Å². The van der Waals surface area contributed by atoms with Gasteiger partial charge in [0.05, 0.1) is 0 Å². The summed E-state index contributed by atoms with van der Waals surface area (Å²) in [6.45, 7) is 5.98. The van der Waals surface area contributed by atoms with Gasteiger partial charge in [-0.3, -0.25) is 0 Å². The van der Waals surface area contributed by atoms with E-state index in [0.29, 0.717) is 0 Å². The van der Waals surface area contributed by atoms with Crippen molar-refractivity contribution in [1.82, 2.24) is 0 Å². The molecule has 1 heteroatoms. The summed E-state index contributed by atoms with van der Waals surface area (Å²) in [5.41, 5.74) is 0. The monoisotopic (exact) mass is 279 g/mol. The van der Waals surface area contributed by atoms with E-state index in [-0.39, 0.29) is 25.8 Å². The van der Waals surface area contributed by atoms with Crippen LogP contribution in [0.3, 0.4) is 0 Å². The van der Waals surface area contributed by atoms with E-state index >= 15 is 0 Å². The number of unbranched alkanes of at least 4 members (excludes halogenated alkanes) is 4. The molecule has 0 aromatic carbocycles. The minimum atomic E-state index is 0. The standard InChI is InChI=1S/C7H15.Hf/c1-3-5-7-6-4-2;/h1,3-7H2,2H3;. The van der Waals surface area contributed by atoms with Gasteiger partial charge in [-0.15, -0.1) is 0 Å². The van der Waals surface area contributed by atoms with Gasteiger partial charge in [0.15, 0.2) is 0 Å². The fourth-order valence-corrected chi connectivity index (χ4v) is 0.604. The van der Waals surface area contributed by atoms with E-state index < -0.39 is 0 Å². The summed E-state index contributed by atoms with van der Waals surface area (Å²) in [5.74, 6) is 0. The Labute approximate surface area is 71.8 Å². The molecule has 0 heterocycles. The van der Waals surface area contributed by atoms with Gasteiger partial charge < -0.3 is 0 Å². The average molecular weight is 278 g/mol. The van der Waals surface area contributed by atoms with Gasteiger partial charge in [-0.05, 0) is 0 Å². The molecule has 0 amide bonds. The minimum absolute atomic E-state index is 0. The Morgan fingerprint density at radius 1 is 1.12 bits per heavy atom. The Kier molecular flexibility index (Phi) is 15.7. The van der Waals surface area contributed by atoms with E-state index in [4.69, 9.17) is 0 Å². The van der Waals surface area contributed by atoms with Gasteiger partial charge in [0, 0.05) is 25.8 Å². The summed E-state index contributed by atoms with van der Waals surface area (Å²) in [6.07, 6.45) is 6.52. The zero-order valence-corrected chi connectivity index (χ0v) is 9.34. The first kappa shape index (κ1) is 11.6. The largest absolute Gasteiger partial charge is 0.0654 e. The second kappa shape index (κ2) is 10.8. The van der Waals surface area contributed by atoms with Crippen LogP contribution in [-0.2, 0) is 25.8 Å². The molecule has 0 aliphatic rings. The molecular weight excluding hydrogens is 263 g/mol. The molecule has 0 aromatic rings. The Bertz CT molecular complexity index is 23.6. The van der Waals surface area contributed by atoms with E-state index in [1.54, 1.807) is 0 Å². The molecule has 1 radical (unpaired) electrons. The van der Waals surface area contributed by atoms with Crippen molar-refractivity contribution in [3.8, 4) is 0 Å². The van der Waals surface area contributed by atoms with Crippen molar-refractivity contribution >= 4 is 0 Å². The fraction of sp³-hybridized carbons (Fsp3) is 0.857. The maximum Gasteiger partial charge on any atom is 0 e. The maximum absolute atomic E-state index is 3.76. The molecule has 0 nitrogen and oxygen atoms in total. The molecule has 0 N–H and O–H groups in total. The van der Waals surface area contributed by atoms with Gasteiger partial charge in [0.1, 0.15) is 0 Å². The Morgan fingerprint density at radius 3 is 2.12 bits per heavy atom. The number of hydrogen-bond acceptors (Lipinski definition) is 0. The van der Waals surface area contributed by atoms with Crippen LogP contribution in [0.25, 0.3) is 0 Å². The van der Waals surface area contributed by atoms with E-state index in [1.165, 1.54) is 25.7 Å². The molecule has 0 rings (SSSR count). The van der Waals surface area contributed by atoms with Crippen LogP contribution in [-0.4, -0.2) is 0 Å². The zero-order valence-electron chi connectivity index (χ0n) is 5.74. The smallest absolute Gasteiger partial charge is 0 e. The quantitative estimate of drug-likeness (QED) is 0.548. The van der Waals surface area contributed by atoms with Crippen molar-refractivity contribution in [1.29, 1.82) is 0 Å². The Morgan fingerprint density at radius 2 is 1.75 bits per heavy atom. The zero-order chi connectivity index (χ0) is 5.54. The van der Waals surface area contributed by atoms with E-state index in [2.05, 4.69) is 13.8 Å². The van der Waals surface area contributed by atoms with Gasteiger partial charge >= 0.3 is 0 Å². The summed E-state index contributed by atoms with van der Waals surface area (Å²) < 4.78 is 0. The summed E-state index contributed by atoms with van der Waals surface area (Å²) in [6, 6.07) is 0. The number of hydrogen-bond donors (Lipinski definition) is 0. The van der Waals surface area contributed by atoms with Crippen LogP contribution in [0.2, 0.25) is 0 Å². The molecule has 0 aromatic heterocycles. The van der Waals surface area contributed by atoms with Crippen molar-refractivity contribution in [2.45, 2.75) is 39.0 Å². The molecule has 0 spiro atoms. The second-order valence-electron chi connectivity index (χ2n) is 1.91. The fourth-order valence-electron chi connectivity index (χ4n) is 0.604. The van der Waals surface area contributed by atoms with Crippen LogP contribution in [0, 0.1) is 6.92 Å². The van der Waals surface area contributed by atoms with Crippen LogP contribution in [0.15, 0.2) is 0 Å². The third-order valence-electron chi connectivity index (χ3n) is 1.10. The minimum Gasteiger partial charge on any atom is -0.0654 e. The van der Waals surface area contributed by atoms with Crippen LogP contribution in [0.1, 0.15) is 39.0 Å². The maximum atomic E-state index is 3.76. The molecule has 0 atom stereocenters. The molecular formula is C7H15Hf. The Hall–Kier alpha value is 0.870. The third-order valence-corrected chi connectivity index (χ3v) is 1.10. The SMILES string of the molecule is [CH2]CCCCCC.[Hf]. The van der Waals surface area contributed by atoms with E-state index in [9.17, 15) is 0 Å². The molecule has 0 saturated carbocycles. The van der Waals surface area contributed by atoms with Crippen molar-refractivity contribution in [3.63, 3.8) is 0 Å². The third kappa shape index (κ3) is 9.98. The van der Waals surface area contributed by atoms with Crippen LogP contribution in [0.5, 0.6) is 0 Å². The van der Waals surface area contributed by atoms with E-state index in [0.717, 1.165) is 6.42 Å². The van der Waals surface area contributed by atoms with Crippen molar-refractivity contribution in [2.75, 3.05) is 0 Å². The number of rotatable bonds is 4. The summed E-state index contributed by atoms with van der Waals surface area (Å²) in [4.78, 5) is 0. The Balaban J connectivity index is 0. The van der Waals surface area contributed by atoms with Gasteiger partial charge in [-0.1, -0.05) is 46.0 Å². The van der Waals surface area contributed by atoms with Crippen LogP contribution >= 0.6 is 0 Å². The summed E-state index contributed by atoms with van der Waals surface area (Å²) >= 11 is 0. The van der Waals surface area contributed by atoms with Gasteiger partial charge in [0.2, 0.25) is 0 Å². The van der Waals surface area contributed by atoms with Crippen LogP contribution in [0.4, 0.5) is 0 Å². The summed E-state index contributed by atoms with van der Waals surface area (Å²) in [7, 11) is 0. The van der Waals surface area contributed by atoms with Crippen molar-refractivity contribution < 1.29 is 25.8 Å². The first-order valence-electron chi connectivity index (χ1n) is 3.21. The van der Waals surface area contributed by atoms with Crippen LogP contribution < -0.4 is 0 Å². The average Bonchev–Trinajstić information content (AvgIpc) is 1.69. The van der Waals surface area contributed by atoms with Crippen molar-refractivity contribution in [2.24, 2.45) is 0 Å². The molecule has 47 valence electrons. The van der Waals surface area contributed by atoms with E-state index in [1.807, 2.05) is 0 Å². The first-order chi connectivity index (χ1) is 3.41. The normalized spacial score (nSPS) is 8.25. The molecule has 0 aliphatic heterocycles. The summed E-state index contributed by atoms with van der Waals surface area (Å²) in [5, 5.41) is 0.